The lowest BCUT2D eigenvalue weighted by Crippen LogP contribution is -2.33. The highest BCUT2D eigenvalue weighted by molar-refractivity contribution is 6.30. The van der Waals surface area contributed by atoms with E-state index >= 15 is 0 Å². The third-order valence-electron chi connectivity index (χ3n) is 3.00. The first-order valence-corrected chi connectivity index (χ1v) is 5.34. The number of aromatic hydroxyl groups is 1. The Balaban J connectivity index is 2.48. The average molecular weight is 230 g/mol. The molecule has 0 amide bonds. The molecule has 1 aliphatic heterocycles. The van der Waals surface area contributed by atoms with Crippen molar-refractivity contribution in [3.05, 3.63) is 28.5 Å². The molecule has 1 fully saturated rings. The second-order valence-corrected chi connectivity index (χ2v) is 4.55. The van der Waals surface area contributed by atoms with Gasteiger partial charge >= 0.3 is 0 Å². The number of phenolic OH excluding ortho intramolecular Hbond substituents is 1. The Morgan fingerprint density at radius 1 is 1.53 bits per heavy atom. The monoisotopic (exact) mass is 229 g/mol. The van der Waals surface area contributed by atoms with Crippen LogP contribution in [-0.2, 0) is 5.54 Å². The van der Waals surface area contributed by atoms with Gasteiger partial charge in [-0.2, -0.15) is 0 Å². The number of halogens is 2. The Kier molecular flexibility index (Phi) is 2.61. The van der Waals surface area contributed by atoms with Gasteiger partial charge in [0.25, 0.3) is 0 Å². The summed E-state index contributed by atoms with van der Waals surface area (Å²) < 4.78 is 13.1. The van der Waals surface area contributed by atoms with Crippen molar-refractivity contribution in [2.75, 3.05) is 6.54 Å². The maximum absolute atomic E-state index is 13.1. The van der Waals surface area contributed by atoms with Gasteiger partial charge in [-0.3, -0.25) is 0 Å². The molecule has 0 aliphatic carbocycles. The van der Waals surface area contributed by atoms with E-state index in [1.54, 1.807) is 0 Å². The molecule has 82 valence electrons. The summed E-state index contributed by atoms with van der Waals surface area (Å²) in [5.41, 5.74) is 0.382. The standard InChI is InChI=1S/C11H13ClFNO/c1-11(3-2-4-14-11)7-5-8(12)9(13)6-10(7)15/h5-6,14-15H,2-4H2,1H3. The number of rotatable bonds is 1. The van der Waals surface area contributed by atoms with E-state index in [1.807, 2.05) is 6.92 Å². The van der Waals surface area contributed by atoms with Crippen LogP contribution in [0.1, 0.15) is 25.3 Å². The highest BCUT2D eigenvalue weighted by Crippen LogP contribution is 2.38. The van der Waals surface area contributed by atoms with E-state index in [1.165, 1.54) is 6.07 Å². The largest absolute Gasteiger partial charge is 0.507 e. The van der Waals surface area contributed by atoms with Gasteiger partial charge in [-0.25, -0.2) is 4.39 Å². The predicted octanol–water partition coefficient (Wildman–Crippen LogP) is 2.78. The number of hydrogen-bond acceptors (Lipinski definition) is 2. The molecule has 1 aromatic rings. The molecule has 0 radical (unpaired) electrons. The Morgan fingerprint density at radius 2 is 2.27 bits per heavy atom. The summed E-state index contributed by atoms with van der Waals surface area (Å²) in [4.78, 5) is 0. The van der Waals surface area contributed by atoms with Gasteiger partial charge in [-0.15, -0.1) is 0 Å². The zero-order chi connectivity index (χ0) is 11.1. The van der Waals surface area contributed by atoms with E-state index in [2.05, 4.69) is 5.32 Å². The molecule has 1 atom stereocenters. The van der Waals surface area contributed by atoms with Gasteiger partial charge in [0, 0.05) is 17.2 Å². The summed E-state index contributed by atoms with van der Waals surface area (Å²) >= 11 is 5.71. The second-order valence-electron chi connectivity index (χ2n) is 4.15. The normalized spacial score (nSPS) is 25.8. The van der Waals surface area contributed by atoms with Crippen LogP contribution in [0.3, 0.4) is 0 Å². The molecule has 1 heterocycles. The molecule has 2 rings (SSSR count). The van der Waals surface area contributed by atoms with Gasteiger partial charge in [0.05, 0.1) is 5.02 Å². The summed E-state index contributed by atoms with van der Waals surface area (Å²) in [5.74, 6) is -0.617. The molecule has 2 nitrogen and oxygen atoms in total. The topological polar surface area (TPSA) is 32.3 Å². The van der Waals surface area contributed by atoms with E-state index in [0.717, 1.165) is 25.5 Å². The van der Waals surface area contributed by atoms with E-state index < -0.39 is 5.82 Å². The fraction of sp³-hybridized carbons (Fsp3) is 0.455. The minimum Gasteiger partial charge on any atom is -0.507 e. The van der Waals surface area contributed by atoms with Crippen LogP contribution >= 0.6 is 11.6 Å². The highest BCUT2D eigenvalue weighted by atomic mass is 35.5. The summed E-state index contributed by atoms with van der Waals surface area (Å²) in [6, 6.07) is 2.58. The van der Waals surface area contributed by atoms with Crippen LogP contribution < -0.4 is 5.32 Å². The zero-order valence-electron chi connectivity index (χ0n) is 8.48. The van der Waals surface area contributed by atoms with Gasteiger partial charge in [0.2, 0.25) is 0 Å². The summed E-state index contributed by atoms with van der Waals surface area (Å²) in [6.45, 7) is 2.90. The van der Waals surface area contributed by atoms with Crippen LogP contribution in [0.15, 0.2) is 12.1 Å². The van der Waals surface area contributed by atoms with Crippen molar-refractivity contribution in [3.8, 4) is 5.75 Å². The summed E-state index contributed by atoms with van der Waals surface area (Å²) in [5, 5.41) is 13.1. The number of phenols is 1. The number of benzene rings is 1. The van der Waals surface area contributed by atoms with Gasteiger partial charge in [0.1, 0.15) is 11.6 Å². The van der Waals surface area contributed by atoms with Gasteiger partial charge in [-0.05, 0) is 32.4 Å². The van der Waals surface area contributed by atoms with Crippen LogP contribution in [0.5, 0.6) is 5.75 Å². The maximum atomic E-state index is 13.1. The number of hydrogen-bond donors (Lipinski definition) is 2. The fourth-order valence-electron chi connectivity index (χ4n) is 2.10. The molecule has 4 heteroatoms. The fourth-order valence-corrected chi connectivity index (χ4v) is 2.27. The molecule has 1 aromatic carbocycles. The Bertz CT molecular complexity index is 388. The maximum Gasteiger partial charge on any atom is 0.145 e. The van der Waals surface area contributed by atoms with Crippen LogP contribution in [0.2, 0.25) is 5.02 Å². The average Bonchev–Trinajstić information content (AvgIpc) is 2.60. The molecule has 0 aromatic heterocycles. The summed E-state index contributed by atoms with van der Waals surface area (Å²) in [6.07, 6.45) is 1.97. The van der Waals surface area contributed by atoms with E-state index in [0.29, 0.717) is 5.56 Å². The van der Waals surface area contributed by atoms with Crippen LogP contribution in [0, 0.1) is 5.82 Å². The van der Waals surface area contributed by atoms with Gasteiger partial charge in [-0.1, -0.05) is 11.6 Å². The highest BCUT2D eigenvalue weighted by Gasteiger charge is 2.32. The molecule has 2 N–H and O–H groups in total. The minimum atomic E-state index is -0.584. The van der Waals surface area contributed by atoms with E-state index in [9.17, 15) is 9.50 Å². The molecule has 0 saturated carbocycles. The second kappa shape index (κ2) is 3.65. The zero-order valence-corrected chi connectivity index (χ0v) is 9.24. The van der Waals surface area contributed by atoms with E-state index in [-0.39, 0.29) is 16.3 Å². The molecule has 15 heavy (non-hydrogen) atoms. The van der Waals surface area contributed by atoms with Crippen molar-refractivity contribution >= 4 is 11.6 Å². The van der Waals surface area contributed by atoms with Crippen molar-refractivity contribution in [3.63, 3.8) is 0 Å². The third-order valence-corrected chi connectivity index (χ3v) is 3.29. The summed E-state index contributed by atoms with van der Waals surface area (Å²) in [7, 11) is 0. The Labute approximate surface area is 93.1 Å². The van der Waals surface area contributed by atoms with Gasteiger partial charge in [0.15, 0.2) is 0 Å². The first-order valence-electron chi connectivity index (χ1n) is 4.96. The molecular formula is C11H13ClFNO. The molecule has 1 saturated heterocycles. The molecule has 1 unspecified atom stereocenters. The van der Waals surface area contributed by atoms with Crippen molar-refractivity contribution in [1.82, 2.24) is 5.32 Å². The minimum absolute atomic E-state index is 0.0335. The molecule has 0 bridgehead atoms. The smallest absolute Gasteiger partial charge is 0.145 e. The lowest BCUT2D eigenvalue weighted by atomic mass is 9.90. The third kappa shape index (κ3) is 1.82. The first-order chi connectivity index (χ1) is 7.03. The lowest BCUT2D eigenvalue weighted by Gasteiger charge is -2.26. The van der Waals surface area contributed by atoms with Crippen molar-refractivity contribution in [1.29, 1.82) is 0 Å². The molecule has 0 spiro atoms. The molecular weight excluding hydrogens is 217 g/mol. The quantitative estimate of drug-likeness (QED) is 0.776. The number of nitrogens with one attached hydrogen (secondary N) is 1. The van der Waals surface area contributed by atoms with E-state index in [4.69, 9.17) is 11.6 Å². The Hall–Kier alpha value is -0.800. The predicted molar refractivity (Wildman–Crippen MR) is 57.7 cm³/mol. The van der Waals surface area contributed by atoms with Crippen molar-refractivity contribution in [2.45, 2.75) is 25.3 Å². The SMILES string of the molecule is CC1(c2cc(Cl)c(F)cc2O)CCCN1. The lowest BCUT2D eigenvalue weighted by molar-refractivity contribution is 0.392. The van der Waals surface area contributed by atoms with Crippen LogP contribution in [0.25, 0.3) is 0 Å². The van der Waals surface area contributed by atoms with Crippen molar-refractivity contribution in [2.24, 2.45) is 0 Å². The Morgan fingerprint density at radius 3 is 2.87 bits per heavy atom. The first kappa shape index (κ1) is 10.7. The van der Waals surface area contributed by atoms with Crippen LogP contribution in [-0.4, -0.2) is 11.7 Å². The van der Waals surface area contributed by atoms with Crippen LogP contribution in [0.4, 0.5) is 4.39 Å². The van der Waals surface area contributed by atoms with Gasteiger partial charge < -0.3 is 10.4 Å². The molecule has 1 aliphatic rings. The van der Waals surface area contributed by atoms with Crippen molar-refractivity contribution < 1.29 is 9.50 Å².